The number of para-hydroxylation sites is 1. The smallest absolute Gasteiger partial charge is 0.168 e. The molecule has 1 saturated heterocycles. The van der Waals surface area contributed by atoms with Crippen molar-refractivity contribution in [2.45, 2.75) is 13.8 Å². The molecule has 6 rings (SSSR count). The highest BCUT2D eigenvalue weighted by atomic mass is 35.5. The standard InChI is InChI=1S/C26H24ClN7/c1-17-5-3-8-21-18(2)13-23(31-24(17)21)32-9-11-33(12-10-32)25-22-15-30-34(26(22)29-16-28-25)20-7-4-6-19(27)14-20/h3-8,13-16H,9-12H2,1-2H3. The van der Waals surface area contributed by atoms with Crippen molar-refractivity contribution in [3.8, 4) is 5.69 Å². The summed E-state index contributed by atoms with van der Waals surface area (Å²) in [6.07, 6.45) is 3.46. The third kappa shape index (κ3) is 3.53. The Labute approximate surface area is 202 Å². The Kier molecular flexibility index (Phi) is 5.07. The quantitative estimate of drug-likeness (QED) is 0.372. The Hall–Kier alpha value is -3.71. The van der Waals surface area contributed by atoms with Gasteiger partial charge in [0.1, 0.15) is 18.0 Å². The van der Waals surface area contributed by atoms with Crippen LogP contribution in [-0.4, -0.2) is 50.9 Å². The minimum absolute atomic E-state index is 0.666. The molecule has 0 aliphatic carbocycles. The zero-order valence-electron chi connectivity index (χ0n) is 19.1. The number of piperazine rings is 1. The summed E-state index contributed by atoms with van der Waals surface area (Å²) in [5.41, 5.74) is 5.21. The van der Waals surface area contributed by atoms with Gasteiger partial charge >= 0.3 is 0 Å². The van der Waals surface area contributed by atoms with Crippen LogP contribution in [0.1, 0.15) is 11.1 Å². The van der Waals surface area contributed by atoms with Crippen LogP contribution in [0, 0.1) is 13.8 Å². The highest BCUT2D eigenvalue weighted by Crippen LogP contribution is 2.29. The normalized spacial score (nSPS) is 14.3. The minimum Gasteiger partial charge on any atom is -0.353 e. The van der Waals surface area contributed by atoms with Gasteiger partial charge in [-0.25, -0.2) is 19.6 Å². The van der Waals surface area contributed by atoms with E-state index in [2.05, 4.69) is 63.0 Å². The Morgan fingerprint density at radius 3 is 2.44 bits per heavy atom. The fourth-order valence-electron chi connectivity index (χ4n) is 4.73. The second-order valence-electron chi connectivity index (χ2n) is 8.71. The van der Waals surface area contributed by atoms with Gasteiger partial charge in [-0.3, -0.25) is 0 Å². The van der Waals surface area contributed by atoms with Crippen LogP contribution < -0.4 is 9.80 Å². The lowest BCUT2D eigenvalue weighted by Crippen LogP contribution is -2.47. The molecule has 7 nitrogen and oxygen atoms in total. The molecule has 34 heavy (non-hydrogen) atoms. The SMILES string of the molecule is Cc1cc(N2CCN(c3ncnc4c3cnn4-c3cccc(Cl)c3)CC2)nc2c(C)cccc12. The van der Waals surface area contributed by atoms with E-state index < -0.39 is 0 Å². The lowest BCUT2D eigenvalue weighted by molar-refractivity contribution is 0.643. The van der Waals surface area contributed by atoms with Crippen molar-refractivity contribution in [3.63, 3.8) is 0 Å². The van der Waals surface area contributed by atoms with E-state index in [1.807, 2.05) is 35.1 Å². The number of anilines is 2. The van der Waals surface area contributed by atoms with Gasteiger partial charge in [-0.05, 0) is 49.2 Å². The summed E-state index contributed by atoms with van der Waals surface area (Å²) >= 11 is 6.19. The van der Waals surface area contributed by atoms with E-state index in [0.717, 1.165) is 60.1 Å². The van der Waals surface area contributed by atoms with Gasteiger partial charge in [0.05, 0.1) is 22.8 Å². The number of aryl methyl sites for hydroxylation is 2. The van der Waals surface area contributed by atoms with Gasteiger partial charge in [0.15, 0.2) is 5.65 Å². The third-order valence-corrected chi connectivity index (χ3v) is 6.77. The van der Waals surface area contributed by atoms with Gasteiger partial charge in [0, 0.05) is 36.6 Å². The van der Waals surface area contributed by atoms with Crippen LogP contribution in [0.25, 0.3) is 27.6 Å². The first-order chi connectivity index (χ1) is 16.6. The van der Waals surface area contributed by atoms with Crippen molar-refractivity contribution >= 4 is 45.2 Å². The number of hydrogen-bond acceptors (Lipinski definition) is 6. The molecule has 4 heterocycles. The number of hydrogen-bond donors (Lipinski definition) is 0. The molecule has 1 aliphatic heterocycles. The molecule has 0 unspecified atom stereocenters. The maximum atomic E-state index is 6.19. The maximum Gasteiger partial charge on any atom is 0.168 e. The van der Waals surface area contributed by atoms with E-state index in [0.29, 0.717) is 5.02 Å². The lowest BCUT2D eigenvalue weighted by Gasteiger charge is -2.36. The number of nitrogens with zero attached hydrogens (tertiary/aromatic N) is 7. The molecule has 0 atom stereocenters. The highest BCUT2D eigenvalue weighted by Gasteiger charge is 2.23. The first kappa shape index (κ1) is 20.9. The van der Waals surface area contributed by atoms with E-state index in [-0.39, 0.29) is 0 Å². The van der Waals surface area contributed by atoms with Crippen molar-refractivity contribution in [2.24, 2.45) is 0 Å². The van der Waals surface area contributed by atoms with Gasteiger partial charge in [-0.15, -0.1) is 0 Å². The summed E-state index contributed by atoms with van der Waals surface area (Å²) in [6, 6.07) is 16.2. The van der Waals surface area contributed by atoms with Crippen molar-refractivity contribution in [1.82, 2.24) is 24.7 Å². The predicted molar refractivity (Wildman–Crippen MR) is 137 cm³/mol. The zero-order chi connectivity index (χ0) is 23.2. The third-order valence-electron chi connectivity index (χ3n) is 6.54. The monoisotopic (exact) mass is 469 g/mol. The molecular formula is C26H24ClN7. The summed E-state index contributed by atoms with van der Waals surface area (Å²) < 4.78 is 1.81. The lowest BCUT2D eigenvalue weighted by atomic mass is 10.1. The molecule has 0 bridgehead atoms. The fraction of sp³-hybridized carbons (Fsp3) is 0.231. The summed E-state index contributed by atoms with van der Waals surface area (Å²) in [5, 5.41) is 7.41. The van der Waals surface area contributed by atoms with Gasteiger partial charge in [0.2, 0.25) is 0 Å². The number of halogens is 1. The predicted octanol–water partition coefficient (Wildman–Crippen LogP) is 4.96. The van der Waals surface area contributed by atoms with E-state index in [1.54, 1.807) is 6.33 Å². The largest absolute Gasteiger partial charge is 0.353 e. The number of pyridine rings is 1. The Bertz CT molecular complexity index is 1520. The Balaban J connectivity index is 1.27. The molecule has 0 saturated carbocycles. The molecule has 1 fully saturated rings. The van der Waals surface area contributed by atoms with Gasteiger partial charge in [-0.1, -0.05) is 35.9 Å². The van der Waals surface area contributed by atoms with Crippen LogP contribution in [0.5, 0.6) is 0 Å². The average Bonchev–Trinajstić information content (AvgIpc) is 3.29. The molecule has 5 aromatic rings. The van der Waals surface area contributed by atoms with Gasteiger partial charge in [-0.2, -0.15) is 5.10 Å². The molecule has 0 spiro atoms. The highest BCUT2D eigenvalue weighted by molar-refractivity contribution is 6.30. The van der Waals surface area contributed by atoms with Crippen LogP contribution >= 0.6 is 11.6 Å². The molecule has 0 radical (unpaired) electrons. The van der Waals surface area contributed by atoms with Gasteiger partial charge < -0.3 is 9.80 Å². The van der Waals surface area contributed by atoms with Crippen LogP contribution in [0.15, 0.2) is 61.1 Å². The topological polar surface area (TPSA) is 63.0 Å². The molecular weight excluding hydrogens is 446 g/mol. The second-order valence-corrected chi connectivity index (χ2v) is 9.15. The van der Waals surface area contributed by atoms with Crippen molar-refractivity contribution in [3.05, 3.63) is 77.2 Å². The van der Waals surface area contributed by atoms with Crippen molar-refractivity contribution in [1.29, 1.82) is 0 Å². The van der Waals surface area contributed by atoms with E-state index in [4.69, 9.17) is 16.6 Å². The summed E-state index contributed by atoms with van der Waals surface area (Å²) in [5.74, 6) is 1.96. The Morgan fingerprint density at radius 1 is 0.824 bits per heavy atom. The van der Waals surface area contributed by atoms with Crippen LogP contribution in [0.2, 0.25) is 5.02 Å². The maximum absolute atomic E-state index is 6.19. The molecule has 3 aromatic heterocycles. The summed E-state index contributed by atoms with van der Waals surface area (Å²) in [4.78, 5) is 18.8. The number of benzene rings is 2. The zero-order valence-corrected chi connectivity index (χ0v) is 19.9. The van der Waals surface area contributed by atoms with E-state index >= 15 is 0 Å². The van der Waals surface area contributed by atoms with Crippen LogP contribution in [0.4, 0.5) is 11.6 Å². The first-order valence-corrected chi connectivity index (χ1v) is 11.8. The van der Waals surface area contributed by atoms with Gasteiger partial charge in [0.25, 0.3) is 0 Å². The number of fused-ring (bicyclic) bond motifs is 2. The fourth-order valence-corrected chi connectivity index (χ4v) is 4.92. The van der Waals surface area contributed by atoms with Crippen LogP contribution in [-0.2, 0) is 0 Å². The van der Waals surface area contributed by atoms with Crippen molar-refractivity contribution in [2.75, 3.05) is 36.0 Å². The summed E-state index contributed by atoms with van der Waals surface area (Å²) in [6.45, 7) is 7.73. The molecule has 0 N–H and O–H groups in total. The van der Waals surface area contributed by atoms with E-state index in [1.165, 1.54) is 16.5 Å². The first-order valence-electron chi connectivity index (χ1n) is 11.4. The van der Waals surface area contributed by atoms with Crippen LogP contribution in [0.3, 0.4) is 0 Å². The van der Waals surface area contributed by atoms with Crippen molar-refractivity contribution < 1.29 is 0 Å². The molecule has 0 amide bonds. The molecule has 8 heteroatoms. The molecule has 1 aliphatic rings. The molecule has 170 valence electrons. The minimum atomic E-state index is 0.666. The Morgan fingerprint density at radius 2 is 1.62 bits per heavy atom. The average molecular weight is 470 g/mol. The summed E-state index contributed by atoms with van der Waals surface area (Å²) in [7, 11) is 0. The second kappa shape index (κ2) is 8.25. The van der Waals surface area contributed by atoms with E-state index in [9.17, 15) is 0 Å². The number of rotatable bonds is 3. The molecule has 2 aromatic carbocycles. The number of aromatic nitrogens is 5.